The van der Waals surface area contributed by atoms with Gasteiger partial charge in [0, 0.05) is 48.6 Å². The second-order valence-electron chi connectivity index (χ2n) is 9.94. The summed E-state index contributed by atoms with van der Waals surface area (Å²) in [5.41, 5.74) is 10.7. The van der Waals surface area contributed by atoms with E-state index in [-0.39, 0.29) is 12.7 Å². The van der Waals surface area contributed by atoms with Gasteiger partial charge in [-0.1, -0.05) is 54.6 Å². The number of nitrogens with one attached hydrogen (secondary N) is 1. The Bertz CT molecular complexity index is 1830. The van der Waals surface area contributed by atoms with Crippen LogP contribution in [0.5, 0.6) is 11.5 Å². The summed E-state index contributed by atoms with van der Waals surface area (Å²) in [6.07, 6.45) is 1.94. The van der Waals surface area contributed by atoms with Gasteiger partial charge in [-0.2, -0.15) is 5.06 Å². The highest BCUT2D eigenvalue weighted by molar-refractivity contribution is 6.12. The Morgan fingerprint density at radius 1 is 1.00 bits per heavy atom. The van der Waals surface area contributed by atoms with Crippen LogP contribution < -0.4 is 25.6 Å². The van der Waals surface area contributed by atoms with Gasteiger partial charge in [0.05, 0.1) is 11.2 Å². The number of carbonyl (C=O) groups excluding carboxylic acids is 2. The maximum Gasteiger partial charge on any atom is 0.329 e. The van der Waals surface area contributed by atoms with Crippen LogP contribution in [0, 0.1) is 0 Å². The van der Waals surface area contributed by atoms with Crippen molar-refractivity contribution >= 4 is 44.9 Å². The Kier molecular flexibility index (Phi) is 5.60. The molecule has 0 saturated heterocycles. The van der Waals surface area contributed by atoms with Gasteiger partial charge in [0.1, 0.15) is 5.69 Å². The second kappa shape index (κ2) is 9.32. The molecule has 0 radical (unpaired) electrons. The lowest BCUT2D eigenvalue weighted by Gasteiger charge is -2.36. The summed E-state index contributed by atoms with van der Waals surface area (Å²) in [6.45, 7) is 2.43. The molecule has 1 amide bonds. The van der Waals surface area contributed by atoms with E-state index in [9.17, 15) is 9.59 Å². The highest BCUT2D eigenvalue weighted by atomic mass is 16.7. The first-order valence-corrected chi connectivity index (χ1v) is 13.0. The van der Waals surface area contributed by atoms with Crippen LogP contribution in [0.3, 0.4) is 0 Å². The topological polar surface area (TPSA) is 108 Å². The average Bonchev–Trinajstić information content (AvgIpc) is 3.55. The fourth-order valence-electron chi connectivity index (χ4n) is 5.64. The first-order chi connectivity index (χ1) is 19.5. The van der Waals surface area contributed by atoms with Gasteiger partial charge >= 0.3 is 5.97 Å². The van der Waals surface area contributed by atoms with Crippen LogP contribution in [0.1, 0.15) is 29.7 Å². The first kappa shape index (κ1) is 24.1. The number of aromatic nitrogens is 1. The average molecular weight is 535 g/mol. The molecular weight excluding hydrogens is 508 g/mol. The van der Waals surface area contributed by atoms with Crippen LogP contribution in [-0.2, 0) is 27.5 Å². The number of rotatable bonds is 5. The van der Waals surface area contributed by atoms with E-state index in [4.69, 9.17) is 20.0 Å². The van der Waals surface area contributed by atoms with Crippen molar-refractivity contribution in [1.29, 1.82) is 0 Å². The second-order valence-corrected chi connectivity index (χ2v) is 9.94. The molecule has 200 valence electrons. The quantitative estimate of drug-likeness (QED) is 0.326. The number of carbonyl (C=O) groups is 2. The van der Waals surface area contributed by atoms with Gasteiger partial charge < -0.3 is 29.9 Å². The van der Waals surface area contributed by atoms with Crippen molar-refractivity contribution in [3.05, 3.63) is 95.7 Å². The van der Waals surface area contributed by atoms with Gasteiger partial charge in [-0.05, 0) is 28.6 Å². The van der Waals surface area contributed by atoms with Crippen LogP contribution in [0.15, 0.2) is 79.0 Å². The van der Waals surface area contributed by atoms with Gasteiger partial charge in [-0.25, -0.2) is 0 Å². The molecule has 1 aromatic heterocycles. The zero-order valence-electron chi connectivity index (χ0n) is 21.7. The number of benzene rings is 4. The van der Waals surface area contributed by atoms with Crippen molar-refractivity contribution in [1.82, 2.24) is 4.57 Å². The van der Waals surface area contributed by atoms with Crippen molar-refractivity contribution in [2.45, 2.75) is 26.1 Å². The van der Waals surface area contributed by atoms with Crippen molar-refractivity contribution in [2.24, 2.45) is 5.73 Å². The maximum absolute atomic E-state index is 13.8. The lowest BCUT2D eigenvalue weighted by atomic mass is 9.98. The number of anilines is 2. The standard InChI is InChI=1S/C31H26N4O5/c1-18(36)40-35-29-22-8-3-2-7-21(22)9-10-25(29)33-31(37)30(35)24-16-34(15-20-6-4-5-19(11-20)14-32)26-13-28-27(12-23(24)26)38-17-39-28/h2-13,16,30H,14-15,17,32H2,1H3,(H,33,37). The first-order valence-electron chi connectivity index (χ1n) is 13.0. The third kappa shape index (κ3) is 3.90. The van der Waals surface area contributed by atoms with Crippen LogP contribution >= 0.6 is 0 Å². The number of hydroxylamine groups is 1. The SMILES string of the molecule is CC(=O)ON1c2c(ccc3ccccc23)NC(=O)C1c1cn(Cc2cccc(CN)c2)c2cc3c(cc12)OCO3. The molecule has 2 aliphatic heterocycles. The zero-order valence-corrected chi connectivity index (χ0v) is 21.7. The number of hydrogen-bond acceptors (Lipinski definition) is 7. The lowest BCUT2D eigenvalue weighted by Crippen LogP contribution is -2.42. The van der Waals surface area contributed by atoms with Gasteiger partial charge in [0.2, 0.25) is 6.79 Å². The molecular formula is C31H26N4O5. The normalized spacial score (nSPS) is 15.8. The van der Waals surface area contributed by atoms with Gasteiger partial charge in [0.15, 0.2) is 17.5 Å². The van der Waals surface area contributed by atoms with Gasteiger partial charge in [-0.15, -0.1) is 0 Å². The highest BCUT2D eigenvalue weighted by Crippen LogP contribution is 2.46. The maximum atomic E-state index is 13.8. The summed E-state index contributed by atoms with van der Waals surface area (Å²) in [4.78, 5) is 32.0. The fourth-order valence-corrected chi connectivity index (χ4v) is 5.64. The molecule has 2 aliphatic rings. The molecule has 0 spiro atoms. The number of nitrogens with two attached hydrogens (primary N) is 1. The Hall–Kier alpha value is -5.02. The van der Waals surface area contributed by atoms with Crippen LogP contribution in [0.4, 0.5) is 11.4 Å². The summed E-state index contributed by atoms with van der Waals surface area (Å²) in [6, 6.07) is 22.5. The van der Waals surface area contributed by atoms with Crippen LogP contribution in [0.2, 0.25) is 0 Å². The molecule has 40 heavy (non-hydrogen) atoms. The van der Waals surface area contributed by atoms with Crippen molar-refractivity contribution in [3.8, 4) is 11.5 Å². The van der Waals surface area contributed by atoms with Gasteiger partial charge in [0.25, 0.3) is 5.91 Å². The molecule has 4 aromatic carbocycles. The Balaban J connectivity index is 1.43. The van der Waals surface area contributed by atoms with E-state index in [1.807, 2.05) is 72.9 Å². The van der Waals surface area contributed by atoms with E-state index < -0.39 is 12.0 Å². The predicted octanol–water partition coefficient (Wildman–Crippen LogP) is 5.01. The van der Waals surface area contributed by atoms with Crippen LogP contribution in [0.25, 0.3) is 21.7 Å². The van der Waals surface area contributed by atoms with E-state index in [2.05, 4.69) is 16.0 Å². The van der Waals surface area contributed by atoms with Crippen molar-refractivity contribution < 1.29 is 23.9 Å². The van der Waals surface area contributed by atoms with E-state index >= 15 is 0 Å². The number of nitrogens with zero attached hydrogens (tertiary/aromatic N) is 2. The molecule has 9 nitrogen and oxygen atoms in total. The summed E-state index contributed by atoms with van der Waals surface area (Å²) in [7, 11) is 0. The number of ether oxygens (including phenoxy) is 2. The van der Waals surface area contributed by atoms with E-state index in [0.29, 0.717) is 41.5 Å². The van der Waals surface area contributed by atoms with E-state index in [0.717, 1.165) is 32.8 Å². The molecule has 0 fully saturated rings. The molecule has 3 N–H and O–H groups in total. The molecule has 1 atom stereocenters. The zero-order chi connectivity index (χ0) is 27.4. The molecule has 0 bridgehead atoms. The Labute approximate surface area is 229 Å². The number of fused-ring (bicyclic) bond motifs is 5. The molecule has 0 aliphatic carbocycles. The number of hydrogen-bond donors (Lipinski definition) is 2. The van der Waals surface area contributed by atoms with Crippen molar-refractivity contribution in [3.63, 3.8) is 0 Å². The summed E-state index contributed by atoms with van der Waals surface area (Å²) < 4.78 is 13.4. The lowest BCUT2D eigenvalue weighted by molar-refractivity contribution is -0.144. The Morgan fingerprint density at radius 2 is 1.80 bits per heavy atom. The molecule has 9 heteroatoms. The summed E-state index contributed by atoms with van der Waals surface area (Å²) >= 11 is 0. The predicted molar refractivity (Wildman–Crippen MR) is 151 cm³/mol. The minimum absolute atomic E-state index is 0.124. The van der Waals surface area contributed by atoms with E-state index in [1.165, 1.54) is 12.0 Å². The van der Waals surface area contributed by atoms with E-state index in [1.54, 1.807) is 0 Å². The molecule has 3 heterocycles. The van der Waals surface area contributed by atoms with Crippen molar-refractivity contribution in [2.75, 3.05) is 17.2 Å². The van der Waals surface area contributed by atoms with Gasteiger partial charge in [-0.3, -0.25) is 9.59 Å². The minimum atomic E-state index is -0.957. The summed E-state index contributed by atoms with van der Waals surface area (Å²) in [5.74, 6) is 0.387. The Morgan fingerprint density at radius 3 is 2.62 bits per heavy atom. The largest absolute Gasteiger partial charge is 0.454 e. The molecule has 5 aromatic rings. The summed E-state index contributed by atoms with van der Waals surface area (Å²) in [5, 5.41) is 7.09. The third-order valence-electron chi connectivity index (χ3n) is 7.37. The van der Waals surface area contributed by atoms with Crippen LogP contribution in [-0.4, -0.2) is 23.2 Å². The smallest absolute Gasteiger partial charge is 0.329 e. The molecule has 1 unspecified atom stereocenters. The third-order valence-corrected chi connectivity index (χ3v) is 7.37. The highest BCUT2D eigenvalue weighted by Gasteiger charge is 2.40. The molecule has 7 rings (SSSR count). The fraction of sp³-hybridized carbons (Fsp3) is 0.161. The minimum Gasteiger partial charge on any atom is -0.454 e. The monoisotopic (exact) mass is 534 g/mol. The number of amides is 1. The molecule has 0 saturated carbocycles.